The molecule has 0 spiro atoms. The molecule has 0 unspecified atom stereocenters. The van der Waals surface area contributed by atoms with Gasteiger partial charge in [0.05, 0.1) is 17.9 Å². The minimum atomic E-state index is -0.322. The van der Waals surface area contributed by atoms with E-state index < -0.39 is 0 Å². The van der Waals surface area contributed by atoms with Gasteiger partial charge in [-0.05, 0) is 69.1 Å². The summed E-state index contributed by atoms with van der Waals surface area (Å²) < 4.78 is 6.57. The summed E-state index contributed by atoms with van der Waals surface area (Å²) in [5.74, 6) is 9.01. The lowest BCUT2D eigenvalue weighted by Gasteiger charge is -2.56. The van der Waals surface area contributed by atoms with Crippen LogP contribution < -0.4 is 11.3 Å². The van der Waals surface area contributed by atoms with E-state index in [0.29, 0.717) is 18.2 Å². The van der Waals surface area contributed by atoms with E-state index in [-0.39, 0.29) is 11.5 Å². The number of amides is 1. The number of aromatic nitrogens is 2. The van der Waals surface area contributed by atoms with Gasteiger partial charge >= 0.3 is 0 Å². The standard InChI is InChI=1S/C21H32N4O2/c22-25-20(26)18-17(23-19(24-18)16-4-2-1-3-5-16)12-27-21-9-13-6-14(10-21)8-15(7-13)11-21/h13-16H,1-12,22H2,(H,23,24)(H,25,26). The Balaban J connectivity index is 1.34. The van der Waals surface area contributed by atoms with Gasteiger partial charge in [-0.1, -0.05) is 19.3 Å². The molecule has 27 heavy (non-hydrogen) atoms. The highest BCUT2D eigenvalue weighted by Crippen LogP contribution is 2.57. The van der Waals surface area contributed by atoms with E-state index in [4.69, 9.17) is 10.6 Å². The third-order valence-electron chi connectivity index (χ3n) is 7.64. The Kier molecular flexibility index (Phi) is 4.51. The molecule has 5 saturated carbocycles. The van der Waals surface area contributed by atoms with Crippen LogP contribution in [0, 0.1) is 17.8 Å². The molecule has 0 radical (unpaired) electrons. The molecule has 1 heterocycles. The zero-order valence-electron chi connectivity index (χ0n) is 16.1. The number of nitrogens with two attached hydrogens (primary N) is 1. The molecule has 1 aromatic rings. The largest absolute Gasteiger partial charge is 0.369 e. The van der Waals surface area contributed by atoms with Crippen molar-refractivity contribution in [2.24, 2.45) is 23.6 Å². The van der Waals surface area contributed by atoms with Gasteiger partial charge in [0.2, 0.25) is 0 Å². The van der Waals surface area contributed by atoms with Crippen molar-refractivity contribution in [2.75, 3.05) is 0 Å². The van der Waals surface area contributed by atoms with Crippen LogP contribution in [0.5, 0.6) is 0 Å². The Labute approximate surface area is 161 Å². The average molecular weight is 373 g/mol. The predicted molar refractivity (Wildman–Crippen MR) is 102 cm³/mol. The molecule has 6 heteroatoms. The van der Waals surface area contributed by atoms with Crippen LogP contribution in [0.3, 0.4) is 0 Å². The second kappa shape index (κ2) is 6.89. The number of nitrogens with zero attached hydrogens (tertiary/aromatic N) is 1. The lowest BCUT2D eigenvalue weighted by atomic mass is 9.54. The summed E-state index contributed by atoms with van der Waals surface area (Å²) >= 11 is 0. The number of nitrogens with one attached hydrogen (secondary N) is 2. The van der Waals surface area contributed by atoms with E-state index in [2.05, 4.69) is 15.4 Å². The number of H-pyrrole nitrogens is 1. The van der Waals surface area contributed by atoms with Crippen LogP contribution >= 0.6 is 0 Å². The number of imidazole rings is 1. The van der Waals surface area contributed by atoms with Gasteiger partial charge in [-0.15, -0.1) is 0 Å². The number of hydrogen-bond donors (Lipinski definition) is 3. The Morgan fingerprint density at radius 1 is 1.11 bits per heavy atom. The second-order valence-electron chi connectivity index (χ2n) is 9.65. The van der Waals surface area contributed by atoms with Crippen molar-refractivity contribution in [3.05, 3.63) is 17.2 Å². The zero-order valence-corrected chi connectivity index (χ0v) is 16.1. The van der Waals surface area contributed by atoms with E-state index in [9.17, 15) is 4.79 Å². The summed E-state index contributed by atoms with van der Waals surface area (Å²) in [6, 6.07) is 0. The van der Waals surface area contributed by atoms with Crippen molar-refractivity contribution >= 4 is 5.91 Å². The van der Waals surface area contributed by atoms with Crippen molar-refractivity contribution in [3.8, 4) is 0 Å². The molecule has 4 N–H and O–H groups in total. The van der Waals surface area contributed by atoms with Gasteiger partial charge in [-0.3, -0.25) is 10.2 Å². The van der Waals surface area contributed by atoms with Crippen LogP contribution in [0.25, 0.3) is 0 Å². The minimum absolute atomic E-state index is 0.0291. The monoisotopic (exact) mass is 372 g/mol. The molecule has 148 valence electrons. The van der Waals surface area contributed by atoms with Gasteiger partial charge in [0, 0.05) is 5.92 Å². The van der Waals surface area contributed by atoms with Gasteiger partial charge in [-0.25, -0.2) is 10.8 Å². The maximum absolute atomic E-state index is 12.3. The lowest BCUT2D eigenvalue weighted by molar-refractivity contribution is -0.169. The molecule has 1 aromatic heterocycles. The van der Waals surface area contributed by atoms with Crippen molar-refractivity contribution in [1.29, 1.82) is 0 Å². The fourth-order valence-electron chi connectivity index (χ4n) is 6.79. The van der Waals surface area contributed by atoms with Gasteiger partial charge in [0.15, 0.2) is 5.69 Å². The number of aromatic amines is 1. The van der Waals surface area contributed by atoms with E-state index in [1.54, 1.807) is 0 Å². The molecule has 5 aliphatic carbocycles. The van der Waals surface area contributed by atoms with E-state index in [1.807, 2.05) is 0 Å². The molecule has 0 aliphatic heterocycles. The van der Waals surface area contributed by atoms with Crippen LogP contribution in [-0.4, -0.2) is 21.5 Å². The molecule has 6 nitrogen and oxygen atoms in total. The van der Waals surface area contributed by atoms with Crippen LogP contribution in [0.1, 0.15) is 98.6 Å². The lowest BCUT2D eigenvalue weighted by Crippen LogP contribution is -2.51. The second-order valence-corrected chi connectivity index (χ2v) is 9.65. The zero-order chi connectivity index (χ0) is 18.4. The van der Waals surface area contributed by atoms with E-state index in [1.165, 1.54) is 57.8 Å². The van der Waals surface area contributed by atoms with Crippen LogP contribution in [0.15, 0.2) is 0 Å². The molecule has 0 aromatic carbocycles. The Morgan fingerprint density at radius 3 is 2.33 bits per heavy atom. The predicted octanol–water partition coefficient (Wildman–Crippen LogP) is 3.55. The van der Waals surface area contributed by atoms with E-state index >= 15 is 0 Å². The highest BCUT2D eigenvalue weighted by Gasteiger charge is 2.51. The third kappa shape index (κ3) is 3.31. The van der Waals surface area contributed by atoms with Crippen molar-refractivity contribution in [3.63, 3.8) is 0 Å². The fraction of sp³-hybridized carbons (Fsp3) is 0.810. The summed E-state index contributed by atoms with van der Waals surface area (Å²) in [5.41, 5.74) is 3.50. The molecule has 0 atom stereocenters. The number of hydrazine groups is 1. The Hall–Kier alpha value is -1.40. The SMILES string of the molecule is NNC(=O)c1nc(C2CCCCC2)[nH]c1COC12CC3CC(CC(C3)C1)C2. The van der Waals surface area contributed by atoms with Gasteiger partial charge in [0.1, 0.15) is 5.82 Å². The number of hydrogen-bond acceptors (Lipinski definition) is 4. The summed E-state index contributed by atoms with van der Waals surface area (Å²) in [6.45, 7) is 0.439. The molecule has 1 amide bonds. The van der Waals surface area contributed by atoms with Gasteiger partial charge in [-0.2, -0.15) is 0 Å². The van der Waals surface area contributed by atoms with Crippen molar-refractivity contribution < 1.29 is 9.53 Å². The van der Waals surface area contributed by atoms with E-state index in [0.717, 1.165) is 42.1 Å². The number of ether oxygens (including phenoxy) is 1. The number of rotatable bonds is 5. The van der Waals surface area contributed by atoms with Crippen molar-refractivity contribution in [1.82, 2.24) is 15.4 Å². The highest BCUT2D eigenvalue weighted by atomic mass is 16.5. The maximum atomic E-state index is 12.3. The Bertz CT molecular complexity index is 672. The third-order valence-corrected chi connectivity index (χ3v) is 7.64. The molecule has 0 saturated heterocycles. The molecular weight excluding hydrogens is 340 g/mol. The number of nitrogen functional groups attached to an aromatic ring is 1. The molecule has 5 fully saturated rings. The summed E-state index contributed by atoms with van der Waals surface area (Å²) in [4.78, 5) is 20.4. The molecule has 5 aliphatic rings. The number of carbonyl (C=O) groups excluding carboxylic acids is 1. The first-order valence-corrected chi connectivity index (χ1v) is 10.9. The topological polar surface area (TPSA) is 93.0 Å². The first-order valence-electron chi connectivity index (χ1n) is 10.9. The molecular formula is C21H32N4O2. The normalized spacial score (nSPS) is 35.5. The quantitative estimate of drug-likeness (QED) is 0.419. The Morgan fingerprint density at radius 2 is 1.74 bits per heavy atom. The average Bonchev–Trinajstić information content (AvgIpc) is 3.10. The summed E-state index contributed by atoms with van der Waals surface area (Å²) in [5, 5.41) is 0. The molecule has 6 rings (SSSR count). The van der Waals surface area contributed by atoms with Gasteiger partial charge in [0.25, 0.3) is 5.91 Å². The maximum Gasteiger partial charge on any atom is 0.285 e. The first-order chi connectivity index (χ1) is 13.1. The summed E-state index contributed by atoms with van der Waals surface area (Å²) in [6.07, 6.45) is 13.9. The van der Waals surface area contributed by atoms with Crippen LogP contribution in [0.4, 0.5) is 0 Å². The minimum Gasteiger partial charge on any atom is -0.369 e. The summed E-state index contributed by atoms with van der Waals surface area (Å²) in [7, 11) is 0. The number of carbonyl (C=O) groups is 1. The fourth-order valence-corrected chi connectivity index (χ4v) is 6.79. The molecule has 4 bridgehead atoms. The van der Waals surface area contributed by atoms with Gasteiger partial charge < -0.3 is 9.72 Å². The van der Waals surface area contributed by atoms with Crippen molar-refractivity contribution in [2.45, 2.75) is 88.8 Å². The highest BCUT2D eigenvalue weighted by molar-refractivity contribution is 5.93. The van der Waals surface area contributed by atoms with Crippen LogP contribution in [-0.2, 0) is 11.3 Å². The van der Waals surface area contributed by atoms with Crippen LogP contribution in [0.2, 0.25) is 0 Å². The smallest absolute Gasteiger partial charge is 0.285 e. The first kappa shape index (κ1) is 17.7.